The molecule has 22 heavy (non-hydrogen) atoms. The van der Waals surface area contributed by atoms with Gasteiger partial charge in [-0.3, -0.25) is 4.90 Å². The van der Waals surface area contributed by atoms with Gasteiger partial charge in [0.1, 0.15) is 17.2 Å². The van der Waals surface area contributed by atoms with E-state index < -0.39 is 34.9 Å². The number of ether oxygens (including phenoxy) is 2. The first-order chi connectivity index (χ1) is 9.70. The second-order valence-corrected chi connectivity index (χ2v) is 8.19. The normalized spacial score (nSPS) is 26.5. The molecule has 0 aliphatic carbocycles. The Bertz CT molecular complexity index is 431. The van der Waals surface area contributed by atoms with E-state index in [1.807, 2.05) is 0 Å². The molecule has 0 aromatic rings. The SMILES string of the molecule is CC(C)(C)OC(=O)[C@@H]1CC[C@](C)(O)CN1C(=O)OC(C)(C)C. The predicted octanol–water partition coefficient (Wildman–Crippen LogP) is 2.48. The van der Waals surface area contributed by atoms with Crippen LogP contribution in [0.1, 0.15) is 61.3 Å². The van der Waals surface area contributed by atoms with E-state index in [4.69, 9.17) is 9.47 Å². The maximum atomic E-state index is 12.4. The van der Waals surface area contributed by atoms with Crippen molar-refractivity contribution < 1.29 is 24.2 Å². The number of hydrogen-bond acceptors (Lipinski definition) is 5. The molecule has 0 saturated carbocycles. The molecule has 1 amide bonds. The second kappa shape index (κ2) is 6.07. The highest BCUT2D eigenvalue weighted by Gasteiger charge is 2.43. The summed E-state index contributed by atoms with van der Waals surface area (Å²) in [4.78, 5) is 26.0. The number of aliphatic hydroxyl groups is 1. The molecule has 2 atom stereocenters. The minimum Gasteiger partial charge on any atom is -0.458 e. The fourth-order valence-electron chi connectivity index (χ4n) is 2.29. The van der Waals surface area contributed by atoms with Crippen molar-refractivity contribution in [2.45, 2.75) is 84.2 Å². The molecule has 1 aliphatic heterocycles. The van der Waals surface area contributed by atoms with Crippen LogP contribution in [-0.2, 0) is 14.3 Å². The average Bonchev–Trinajstić information content (AvgIpc) is 2.22. The molecule has 1 heterocycles. The first-order valence-corrected chi connectivity index (χ1v) is 7.65. The highest BCUT2D eigenvalue weighted by Crippen LogP contribution is 2.28. The lowest BCUT2D eigenvalue weighted by Gasteiger charge is -2.42. The van der Waals surface area contributed by atoms with Crippen molar-refractivity contribution in [1.82, 2.24) is 4.90 Å². The summed E-state index contributed by atoms with van der Waals surface area (Å²) in [5.74, 6) is -0.464. The van der Waals surface area contributed by atoms with E-state index in [1.54, 1.807) is 48.5 Å². The summed E-state index contributed by atoms with van der Waals surface area (Å²) in [6.07, 6.45) is 0.167. The molecule has 1 rings (SSSR count). The molecule has 1 saturated heterocycles. The van der Waals surface area contributed by atoms with Gasteiger partial charge in [0.2, 0.25) is 0 Å². The van der Waals surface area contributed by atoms with Crippen molar-refractivity contribution in [2.75, 3.05) is 6.54 Å². The van der Waals surface area contributed by atoms with E-state index in [1.165, 1.54) is 4.90 Å². The van der Waals surface area contributed by atoms with E-state index >= 15 is 0 Å². The highest BCUT2D eigenvalue weighted by atomic mass is 16.6. The number of carbonyl (C=O) groups excluding carboxylic acids is 2. The van der Waals surface area contributed by atoms with Crippen molar-refractivity contribution in [3.05, 3.63) is 0 Å². The summed E-state index contributed by atoms with van der Waals surface area (Å²) in [6, 6.07) is -0.728. The largest absolute Gasteiger partial charge is 0.458 e. The first kappa shape index (κ1) is 18.7. The number of esters is 1. The Morgan fingerprint density at radius 3 is 2.05 bits per heavy atom. The smallest absolute Gasteiger partial charge is 0.411 e. The average molecular weight is 315 g/mol. The van der Waals surface area contributed by atoms with Crippen LogP contribution in [0, 0.1) is 0 Å². The standard InChI is InChI=1S/C16H29NO5/c1-14(2,3)21-12(18)11-8-9-16(7,20)10-17(11)13(19)22-15(4,5)6/h11,20H,8-10H2,1-7H3/t11-,16-/m0/s1. The summed E-state index contributed by atoms with van der Waals surface area (Å²) in [5.41, 5.74) is -2.33. The zero-order valence-electron chi connectivity index (χ0n) is 14.7. The fourth-order valence-corrected chi connectivity index (χ4v) is 2.29. The number of piperidine rings is 1. The van der Waals surface area contributed by atoms with Gasteiger partial charge in [0.25, 0.3) is 0 Å². The van der Waals surface area contributed by atoms with Gasteiger partial charge in [0.15, 0.2) is 0 Å². The molecule has 1 N–H and O–H groups in total. The van der Waals surface area contributed by atoms with E-state index in [0.717, 1.165) is 0 Å². The Kier molecular flexibility index (Phi) is 5.17. The van der Waals surface area contributed by atoms with Crippen molar-refractivity contribution in [3.63, 3.8) is 0 Å². The van der Waals surface area contributed by atoms with Gasteiger partial charge in [0.05, 0.1) is 12.1 Å². The van der Waals surface area contributed by atoms with Gasteiger partial charge in [-0.2, -0.15) is 0 Å². The van der Waals surface area contributed by atoms with Gasteiger partial charge >= 0.3 is 12.1 Å². The number of β-amino-alcohol motifs (C(OH)–C–C–N with tert-alkyl or cyclic N) is 1. The van der Waals surface area contributed by atoms with Crippen LogP contribution in [-0.4, -0.2) is 51.5 Å². The van der Waals surface area contributed by atoms with Crippen molar-refractivity contribution >= 4 is 12.1 Å². The minimum atomic E-state index is -1.03. The first-order valence-electron chi connectivity index (χ1n) is 7.65. The highest BCUT2D eigenvalue weighted by molar-refractivity contribution is 5.82. The van der Waals surface area contributed by atoms with Crippen LogP contribution < -0.4 is 0 Å². The maximum Gasteiger partial charge on any atom is 0.411 e. The molecule has 1 aliphatic rings. The third-order valence-corrected chi connectivity index (χ3v) is 3.15. The van der Waals surface area contributed by atoms with E-state index in [-0.39, 0.29) is 6.54 Å². The number of likely N-dealkylation sites (tertiary alicyclic amines) is 1. The zero-order chi connectivity index (χ0) is 17.3. The van der Waals surface area contributed by atoms with Crippen molar-refractivity contribution in [2.24, 2.45) is 0 Å². The Hall–Kier alpha value is -1.30. The molecule has 6 nitrogen and oxygen atoms in total. The lowest BCUT2D eigenvalue weighted by atomic mass is 9.90. The van der Waals surface area contributed by atoms with Crippen LogP contribution in [0.2, 0.25) is 0 Å². The molecule has 6 heteroatoms. The summed E-state index contributed by atoms with van der Waals surface area (Å²) in [5, 5.41) is 10.2. The quantitative estimate of drug-likeness (QED) is 0.752. The van der Waals surface area contributed by atoms with Gasteiger partial charge in [-0.05, 0) is 61.3 Å². The Balaban J connectivity index is 2.93. The van der Waals surface area contributed by atoms with Crippen LogP contribution in [0.15, 0.2) is 0 Å². The fraction of sp³-hybridized carbons (Fsp3) is 0.875. The molecule has 0 unspecified atom stereocenters. The lowest BCUT2D eigenvalue weighted by molar-refractivity contribution is -0.165. The number of nitrogens with zero attached hydrogens (tertiary/aromatic N) is 1. The predicted molar refractivity (Wildman–Crippen MR) is 82.4 cm³/mol. The number of hydrogen-bond donors (Lipinski definition) is 1. The number of carbonyl (C=O) groups is 2. The van der Waals surface area contributed by atoms with Crippen LogP contribution >= 0.6 is 0 Å². The van der Waals surface area contributed by atoms with E-state index in [9.17, 15) is 14.7 Å². The molecular formula is C16H29NO5. The summed E-state index contributed by atoms with van der Waals surface area (Å²) < 4.78 is 10.7. The lowest BCUT2D eigenvalue weighted by Crippen LogP contribution is -2.58. The van der Waals surface area contributed by atoms with Crippen LogP contribution in [0.5, 0.6) is 0 Å². The minimum absolute atomic E-state index is 0.0474. The van der Waals surface area contributed by atoms with E-state index in [2.05, 4.69) is 0 Å². The second-order valence-electron chi connectivity index (χ2n) is 8.19. The van der Waals surface area contributed by atoms with E-state index in [0.29, 0.717) is 12.8 Å². The number of amides is 1. The molecular weight excluding hydrogens is 286 g/mol. The molecule has 0 radical (unpaired) electrons. The van der Waals surface area contributed by atoms with Gasteiger partial charge in [-0.1, -0.05) is 0 Å². The Labute approximate surface area is 132 Å². The van der Waals surface area contributed by atoms with Gasteiger partial charge in [-0.25, -0.2) is 9.59 Å². The van der Waals surface area contributed by atoms with Gasteiger partial charge in [0, 0.05) is 0 Å². The van der Waals surface area contributed by atoms with Gasteiger partial charge in [-0.15, -0.1) is 0 Å². The van der Waals surface area contributed by atoms with Crippen molar-refractivity contribution in [3.8, 4) is 0 Å². The molecule has 0 bridgehead atoms. The third-order valence-electron chi connectivity index (χ3n) is 3.15. The Morgan fingerprint density at radius 2 is 1.59 bits per heavy atom. The Morgan fingerprint density at radius 1 is 1.09 bits per heavy atom. The molecule has 0 aromatic heterocycles. The number of rotatable bonds is 1. The van der Waals surface area contributed by atoms with Crippen LogP contribution in [0.4, 0.5) is 4.79 Å². The summed E-state index contributed by atoms with van der Waals surface area (Å²) >= 11 is 0. The van der Waals surface area contributed by atoms with Crippen LogP contribution in [0.25, 0.3) is 0 Å². The summed E-state index contributed by atoms with van der Waals surface area (Å²) in [6.45, 7) is 12.3. The third kappa shape index (κ3) is 5.83. The molecule has 128 valence electrons. The van der Waals surface area contributed by atoms with Gasteiger partial charge < -0.3 is 14.6 Å². The summed E-state index contributed by atoms with van der Waals surface area (Å²) in [7, 11) is 0. The van der Waals surface area contributed by atoms with Crippen molar-refractivity contribution in [1.29, 1.82) is 0 Å². The topological polar surface area (TPSA) is 76.1 Å². The van der Waals surface area contributed by atoms with Crippen LogP contribution in [0.3, 0.4) is 0 Å². The molecule has 0 spiro atoms. The molecule has 0 aromatic carbocycles. The monoisotopic (exact) mass is 315 g/mol. The zero-order valence-corrected chi connectivity index (χ0v) is 14.7. The maximum absolute atomic E-state index is 12.4. The molecule has 1 fully saturated rings.